The molecule has 2 heterocycles. The van der Waals surface area contributed by atoms with Crippen molar-refractivity contribution in [3.63, 3.8) is 0 Å². The summed E-state index contributed by atoms with van der Waals surface area (Å²) < 4.78 is 4.80. The van der Waals surface area contributed by atoms with Crippen molar-refractivity contribution in [1.29, 1.82) is 0 Å². The highest BCUT2D eigenvalue weighted by atomic mass is 16.5. The number of nitrogens with one attached hydrogen (secondary N) is 2. The van der Waals surface area contributed by atoms with Crippen LogP contribution < -0.4 is 5.32 Å². The smallest absolute Gasteiger partial charge is 0.339 e. The first-order chi connectivity index (χ1) is 13.4. The minimum Gasteiger partial charge on any atom is -0.465 e. The Kier molecular flexibility index (Phi) is 5.82. The highest BCUT2D eigenvalue weighted by Gasteiger charge is 2.29. The number of esters is 1. The number of aryl methyl sites for hydroxylation is 1. The van der Waals surface area contributed by atoms with Gasteiger partial charge in [-0.05, 0) is 44.4 Å². The van der Waals surface area contributed by atoms with Crippen molar-refractivity contribution >= 4 is 17.8 Å². The van der Waals surface area contributed by atoms with Crippen molar-refractivity contribution in [2.45, 2.75) is 32.7 Å². The second kappa shape index (κ2) is 8.29. The number of aromatic amines is 1. The molecule has 1 saturated heterocycles. The van der Waals surface area contributed by atoms with Crippen LogP contribution in [0.2, 0.25) is 0 Å². The Bertz CT molecular complexity index is 881. The van der Waals surface area contributed by atoms with Crippen LogP contribution in [-0.4, -0.2) is 53.9 Å². The van der Waals surface area contributed by atoms with Crippen LogP contribution in [0.15, 0.2) is 30.3 Å². The normalized spacial score (nSPS) is 14.6. The number of carbonyl (C=O) groups is 3. The van der Waals surface area contributed by atoms with E-state index in [1.54, 1.807) is 30.9 Å². The van der Waals surface area contributed by atoms with E-state index in [-0.39, 0.29) is 17.9 Å². The lowest BCUT2D eigenvalue weighted by molar-refractivity contribution is 0.0599. The summed E-state index contributed by atoms with van der Waals surface area (Å²) in [7, 11) is 1.32. The van der Waals surface area contributed by atoms with Gasteiger partial charge in [0.2, 0.25) is 0 Å². The molecule has 0 atom stereocenters. The van der Waals surface area contributed by atoms with Crippen molar-refractivity contribution in [3.05, 3.63) is 58.4 Å². The lowest BCUT2D eigenvalue weighted by atomic mass is 10.0. The predicted octanol–water partition coefficient (Wildman–Crippen LogP) is 2.45. The van der Waals surface area contributed by atoms with E-state index in [0.717, 1.165) is 0 Å². The second-order valence-corrected chi connectivity index (χ2v) is 7.02. The molecule has 148 valence electrons. The summed E-state index contributed by atoms with van der Waals surface area (Å²) in [4.78, 5) is 41.9. The van der Waals surface area contributed by atoms with E-state index >= 15 is 0 Å². The third-order valence-electron chi connectivity index (χ3n) is 5.19. The van der Waals surface area contributed by atoms with E-state index < -0.39 is 5.97 Å². The zero-order chi connectivity index (χ0) is 20.3. The van der Waals surface area contributed by atoms with Gasteiger partial charge in [-0.2, -0.15) is 0 Å². The molecule has 3 rings (SSSR count). The molecule has 28 heavy (non-hydrogen) atoms. The number of H-pyrrole nitrogens is 1. The summed E-state index contributed by atoms with van der Waals surface area (Å²) in [6.07, 6.45) is 1.37. The van der Waals surface area contributed by atoms with Gasteiger partial charge in [0.05, 0.1) is 12.7 Å². The maximum absolute atomic E-state index is 12.9. The fourth-order valence-corrected chi connectivity index (χ4v) is 3.62. The summed E-state index contributed by atoms with van der Waals surface area (Å²) in [6, 6.07) is 9.14. The number of rotatable bonds is 4. The fraction of sp³-hybridized carbons (Fsp3) is 0.381. The van der Waals surface area contributed by atoms with Gasteiger partial charge in [-0.1, -0.05) is 18.2 Å². The molecule has 0 aliphatic carbocycles. The number of methoxy groups -OCH3 is 1. The first kappa shape index (κ1) is 19.7. The SMILES string of the molecule is COC(=O)c1c(C)[nH]c(C(=O)N2CCC(NC(=O)c3ccccc3)CC2)c1C. The van der Waals surface area contributed by atoms with Crippen LogP contribution in [-0.2, 0) is 4.74 Å². The highest BCUT2D eigenvalue weighted by Crippen LogP contribution is 2.22. The zero-order valence-electron chi connectivity index (χ0n) is 16.4. The maximum atomic E-state index is 12.9. The summed E-state index contributed by atoms with van der Waals surface area (Å²) in [5.41, 5.74) is 2.70. The van der Waals surface area contributed by atoms with Gasteiger partial charge in [0, 0.05) is 30.4 Å². The Morgan fingerprint density at radius 1 is 1.11 bits per heavy atom. The molecule has 0 bridgehead atoms. The minimum absolute atomic E-state index is 0.0360. The molecule has 0 unspecified atom stereocenters. The van der Waals surface area contributed by atoms with Crippen LogP contribution in [0.3, 0.4) is 0 Å². The molecule has 7 nitrogen and oxygen atoms in total. The number of amides is 2. The van der Waals surface area contributed by atoms with Gasteiger partial charge in [-0.3, -0.25) is 9.59 Å². The topological polar surface area (TPSA) is 91.5 Å². The van der Waals surface area contributed by atoms with Crippen molar-refractivity contribution in [1.82, 2.24) is 15.2 Å². The molecule has 2 N–H and O–H groups in total. The Hall–Kier alpha value is -3.09. The first-order valence-corrected chi connectivity index (χ1v) is 9.35. The number of carbonyl (C=O) groups excluding carboxylic acids is 3. The van der Waals surface area contributed by atoms with Crippen molar-refractivity contribution in [2.24, 2.45) is 0 Å². The molecule has 0 radical (unpaired) electrons. The average Bonchev–Trinajstić information content (AvgIpc) is 3.02. The monoisotopic (exact) mass is 383 g/mol. The molecule has 1 fully saturated rings. The summed E-state index contributed by atoms with van der Waals surface area (Å²) in [5.74, 6) is -0.680. The second-order valence-electron chi connectivity index (χ2n) is 7.02. The van der Waals surface area contributed by atoms with Crippen molar-refractivity contribution < 1.29 is 19.1 Å². The van der Waals surface area contributed by atoms with Gasteiger partial charge in [-0.25, -0.2) is 4.79 Å². The van der Waals surface area contributed by atoms with Gasteiger partial charge in [-0.15, -0.1) is 0 Å². The van der Waals surface area contributed by atoms with E-state index in [4.69, 9.17) is 4.74 Å². The van der Waals surface area contributed by atoms with Crippen LogP contribution in [0.1, 0.15) is 55.3 Å². The van der Waals surface area contributed by atoms with Gasteiger partial charge in [0.25, 0.3) is 11.8 Å². The summed E-state index contributed by atoms with van der Waals surface area (Å²) >= 11 is 0. The van der Waals surface area contributed by atoms with Crippen molar-refractivity contribution in [3.8, 4) is 0 Å². The van der Waals surface area contributed by atoms with Gasteiger partial charge in [0.1, 0.15) is 5.69 Å². The zero-order valence-corrected chi connectivity index (χ0v) is 16.4. The van der Waals surface area contributed by atoms with Gasteiger partial charge in [0.15, 0.2) is 0 Å². The van der Waals surface area contributed by atoms with E-state index in [1.807, 2.05) is 18.2 Å². The number of piperidine rings is 1. The van der Waals surface area contributed by atoms with E-state index in [1.165, 1.54) is 7.11 Å². The molecule has 2 amide bonds. The Morgan fingerprint density at radius 3 is 2.36 bits per heavy atom. The quantitative estimate of drug-likeness (QED) is 0.794. The number of hydrogen-bond acceptors (Lipinski definition) is 4. The number of hydrogen-bond donors (Lipinski definition) is 2. The molecule has 1 aliphatic rings. The van der Waals surface area contributed by atoms with E-state index in [0.29, 0.717) is 54.0 Å². The van der Waals surface area contributed by atoms with Crippen molar-refractivity contribution in [2.75, 3.05) is 20.2 Å². The standard InChI is InChI=1S/C21H25N3O4/c1-13-17(21(27)28-3)14(2)22-18(13)20(26)24-11-9-16(10-12-24)23-19(25)15-7-5-4-6-8-15/h4-8,16,22H,9-12H2,1-3H3,(H,23,25). The Balaban J connectivity index is 1.61. The Labute approximate surface area is 164 Å². The molecule has 1 aliphatic heterocycles. The lowest BCUT2D eigenvalue weighted by Crippen LogP contribution is -2.46. The van der Waals surface area contributed by atoms with Gasteiger partial charge >= 0.3 is 5.97 Å². The number of likely N-dealkylation sites (tertiary alicyclic amines) is 1. The molecule has 7 heteroatoms. The van der Waals surface area contributed by atoms with Crippen LogP contribution >= 0.6 is 0 Å². The number of ether oxygens (including phenoxy) is 1. The fourth-order valence-electron chi connectivity index (χ4n) is 3.62. The molecular weight excluding hydrogens is 358 g/mol. The average molecular weight is 383 g/mol. The molecule has 0 spiro atoms. The van der Waals surface area contributed by atoms with Crippen LogP contribution in [0, 0.1) is 13.8 Å². The molecule has 1 aromatic carbocycles. The summed E-state index contributed by atoms with van der Waals surface area (Å²) in [5, 5.41) is 3.04. The third-order valence-corrected chi connectivity index (χ3v) is 5.19. The summed E-state index contributed by atoms with van der Waals surface area (Å²) in [6.45, 7) is 4.59. The van der Waals surface area contributed by atoms with Gasteiger partial charge < -0.3 is 19.9 Å². The maximum Gasteiger partial charge on any atom is 0.339 e. The highest BCUT2D eigenvalue weighted by molar-refractivity contribution is 6.00. The number of benzene rings is 1. The molecular formula is C21H25N3O4. The van der Waals surface area contributed by atoms with Crippen LogP contribution in [0.5, 0.6) is 0 Å². The minimum atomic E-state index is -0.451. The number of aromatic nitrogens is 1. The molecule has 0 saturated carbocycles. The van der Waals surface area contributed by atoms with E-state index in [2.05, 4.69) is 10.3 Å². The lowest BCUT2D eigenvalue weighted by Gasteiger charge is -2.32. The van der Waals surface area contributed by atoms with Crippen LogP contribution in [0.25, 0.3) is 0 Å². The predicted molar refractivity (Wildman–Crippen MR) is 104 cm³/mol. The van der Waals surface area contributed by atoms with Crippen LogP contribution in [0.4, 0.5) is 0 Å². The van der Waals surface area contributed by atoms with E-state index in [9.17, 15) is 14.4 Å². The molecule has 2 aromatic rings. The first-order valence-electron chi connectivity index (χ1n) is 9.35. The Morgan fingerprint density at radius 2 is 1.75 bits per heavy atom. The number of nitrogens with zero attached hydrogens (tertiary/aromatic N) is 1. The molecule has 1 aromatic heterocycles. The largest absolute Gasteiger partial charge is 0.465 e. The third kappa shape index (κ3) is 3.93.